The second-order valence-electron chi connectivity index (χ2n) is 11.2. The first-order valence-electron chi connectivity index (χ1n) is 16.0. The molecule has 6 heteroatoms. The Bertz CT molecular complexity index is 1490. The van der Waals surface area contributed by atoms with Gasteiger partial charge in [-0.25, -0.2) is 0 Å². The first-order chi connectivity index (χ1) is 20.6. The summed E-state index contributed by atoms with van der Waals surface area (Å²) in [6, 6.07) is 17.3. The second-order valence-corrected chi connectivity index (χ2v) is 13.3. The lowest BCUT2D eigenvalue weighted by Crippen LogP contribution is -2.37. The van der Waals surface area contributed by atoms with Crippen LogP contribution in [-0.4, -0.2) is 30.3 Å². The quantitative estimate of drug-likeness (QED) is 0.0987. The molecule has 0 amide bonds. The number of hydrogen-bond donors (Lipinski definition) is 0. The number of anilines is 1. The van der Waals surface area contributed by atoms with E-state index in [-0.39, 0.29) is 5.78 Å². The van der Waals surface area contributed by atoms with E-state index in [9.17, 15) is 4.79 Å². The van der Waals surface area contributed by atoms with Crippen LogP contribution >= 0.6 is 23.1 Å². The molecule has 0 atom stereocenters. The number of para-hydroxylation sites is 2. The van der Waals surface area contributed by atoms with E-state index >= 15 is 0 Å². The number of Topliss-reactive ketones (excluding diaryl/α,β-unsaturated/α-hetero) is 1. The zero-order chi connectivity index (χ0) is 29.5. The number of carbonyl (C=O) groups excluding carboxylic acids is 1. The molecule has 0 spiro atoms. The number of likely N-dealkylation sites (N-methyl/N-ethyl adjacent to an activating group) is 1. The third kappa shape index (κ3) is 6.40. The summed E-state index contributed by atoms with van der Waals surface area (Å²) in [5.74, 6) is 0.168. The normalized spacial score (nSPS) is 16.7. The predicted octanol–water partition coefficient (Wildman–Crippen LogP) is 9.37. The summed E-state index contributed by atoms with van der Waals surface area (Å²) in [6.07, 6.45) is 14.1. The highest BCUT2D eigenvalue weighted by Gasteiger charge is 2.38. The van der Waals surface area contributed by atoms with Crippen LogP contribution in [0.25, 0.3) is 16.3 Å². The molecule has 4 nitrogen and oxygen atoms in total. The molecule has 1 aliphatic heterocycles. The average molecular weight is 601 g/mol. The van der Waals surface area contributed by atoms with E-state index in [1.165, 1.54) is 69.4 Å². The number of hydrogen-bond acceptors (Lipinski definition) is 5. The van der Waals surface area contributed by atoms with Gasteiger partial charge in [-0.05, 0) is 51.0 Å². The molecule has 3 aromatic rings. The molecule has 0 fully saturated rings. The number of benzene rings is 2. The third-order valence-electron chi connectivity index (χ3n) is 8.36. The molecule has 0 unspecified atom stereocenters. The molecule has 0 saturated carbocycles. The molecule has 0 N–H and O–H groups in total. The Morgan fingerprint density at radius 3 is 2.31 bits per heavy atom. The van der Waals surface area contributed by atoms with E-state index in [1.807, 2.05) is 0 Å². The molecule has 1 aliphatic carbocycles. The monoisotopic (exact) mass is 600 g/mol. The number of allylic oxidation sites excluding steroid dienone is 3. The van der Waals surface area contributed by atoms with Crippen LogP contribution in [0.3, 0.4) is 0 Å². The highest BCUT2D eigenvalue weighted by molar-refractivity contribution is 8.03. The molecule has 5 rings (SSSR count). The van der Waals surface area contributed by atoms with Gasteiger partial charge in [0.25, 0.3) is 5.01 Å². The van der Waals surface area contributed by atoms with E-state index in [0.29, 0.717) is 0 Å². The number of aromatic nitrogens is 1. The van der Waals surface area contributed by atoms with Gasteiger partial charge in [-0.3, -0.25) is 4.79 Å². The summed E-state index contributed by atoms with van der Waals surface area (Å²) in [7, 11) is 0. The number of thioether (sulfide) groups is 1. The topological polar surface area (TPSA) is 27.4 Å². The Labute approximate surface area is 260 Å². The summed E-state index contributed by atoms with van der Waals surface area (Å²) < 4.78 is 3.72. The van der Waals surface area contributed by atoms with Crippen molar-refractivity contribution in [3.05, 3.63) is 81.5 Å². The zero-order valence-corrected chi connectivity index (χ0v) is 27.5. The smallest absolute Gasteiger partial charge is 0.263 e. The lowest BCUT2D eigenvalue weighted by atomic mass is 9.84. The Kier molecular flexibility index (Phi) is 10.6. The standard InChI is InChI=1S/C36H46N3OS2/c1-5-9-11-17-23-38-29-19-13-15-21-31(29)41-33(38)25-27-35(37(7-3)8-4)28(36(27)40)26-34-39(24-18-12-10-6-2)30-20-14-16-22-32(30)42-34/h13-16,19-22,25-26H,5-12,17-18,23-24H2,1-4H3/q+1. The van der Waals surface area contributed by atoms with Crippen molar-refractivity contribution in [2.24, 2.45) is 0 Å². The molecule has 2 aromatic carbocycles. The Morgan fingerprint density at radius 2 is 1.55 bits per heavy atom. The van der Waals surface area contributed by atoms with Crippen molar-refractivity contribution in [3.63, 3.8) is 0 Å². The van der Waals surface area contributed by atoms with Crippen LogP contribution in [0.5, 0.6) is 0 Å². The van der Waals surface area contributed by atoms with E-state index in [1.54, 1.807) is 23.1 Å². The van der Waals surface area contributed by atoms with Gasteiger partial charge in [0.2, 0.25) is 5.52 Å². The molecule has 0 bridgehead atoms. The van der Waals surface area contributed by atoms with Crippen molar-refractivity contribution >= 4 is 50.9 Å². The van der Waals surface area contributed by atoms with Crippen molar-refractivity contribution in [2.45, 2.75) is 90.5 Å². The van der Waals surface area contributed by atoms with Crippen molar-refractivity contribution in [3.8, 4) is 0 Å². The van der Waals surface area contributed by atoms with Gasteiger partial charge < -0.3 is 9.80 Å². The zero-order valence-electron chi connectivity index (χ0n) is 25.8. The third-order valence-corrected chi connectivity index (χ3v) is 10.6. The fraction of sp³-hybridized carbons (Fsp3) is 0.444. The molecule has 2 aliphatic rings. The summed E-state index contributed by atoms with van der Waals surface area (Å²) >= 11 is 3.60. The summed E-state index contributed by atoms with van der Waals surface area (Å²) in [6.45, 7) is 12.6. The second kappa shape index (κ2) is 14.6. The van der Waals surface area contributed by atoms with Crippen LogP contribution in [0.1, 0.15) is 84.1 Å². The first-order valence-corrected chi connectivity index (χ1v) is 17.7. The SMILES string of the molecule is CCCCCCN1/C(=C/C2=C(N(CC)CC)C(=C\c3sc4ccccc4[n+]3CCCCCC)/C2=O)Sc2ccccc21. The first kappa shape index (κ1) is 30.6. The molecule has 0 saturated heterocycles. The maximum atomic E-state index is 14.0. The minimum Gasteiger partial charge on any atom is -0.371 e. The molecule has 222 valence electrons. The molecular formula is C36H46N3OS2+. The fourth-order valence-electron chi connectivity index (χ4n) is 6.01. The van der Waals surface area contributed by atoms with Gasteiger partial charge in [-0.15, -0.1) is 0 Å². The van der Waals surface area contributed by atoms with Crippen LogP contribution < -0.4 is 9.47 Å². The lowest BCUT2D eigenvalue weighted by molar-refractivity contribution is -0.669. The van der Waals surface area contributed by atoms with E-state index in [4.69, 9.17) is 0 Å². The van der Waals surface area contributed by atoms with Gasteiger partial charge in [0.15, 0.2) is 12.3 Å². The largest absolute Gasteiger partial charge is 0.371 e. The van der Waals surface area contributed by atoms with Crippen molar-refractivity contribution in [1.29, 1.82) is 0 Å². The van der Waals surface area contributed by atoms with Crippen molar-refractivity contribution < 1.29 is 9.36 Å². The van der Waals surface area contributed by atoms with Gasteiger partial charge in [0.1, 0.15) is 4.70 Å². The van der Waals surface area contributed by atoms with Crippen LogP contribution in [-0.2, 0) is 11.3 Å². The Balaban J connectivity index is 1.52. The summed E-state index contributed by atoms with van der Waals surface area (Å²) in [5.41, 5.74) is 5.36. The van der Waals surface area contributed by atoms with Gasteiger partial charge in [0.05, 0.1) is 22.0 Å². The van der Waals surface area contributed by atoms with Gasteiger partial charge in [-0.2, -0.15) is 4.57 Å². The number of aryl methyl sites for hydroxylation is 1. The lowest BCUT2D eigenvalue weighted by Gasteiger charge is -2.34. The van der Waals surface area contributed by atoms with Gasteiger partial charge >= 0.3 is 0 Å². The number of ketones is 1. The van der Waals surface area contributed by atoms with Crippen LogP contribution in [0, 0.1) is 0 Å². The minimum absolute atomic E-state index is 0.168. The maximum Gasteiger partial charge on any atom is 0.263 e. The number of carbonyl (C=O) groups is 1. The number of thiazole rings is 1. The number of nitrogens with zero attached hydrogens (tertiary/aromatic N) is 3. The molecule has 2 heterocycles. The maximum absolute atomic E-state index is 14.0. The van der Waals surface area contributed by atoms with Crippen molar-refractivity contribution in [2.75, 3.05) is 24.5 Å². The highest BCUT2D eigenvalue weighted by Crippen LogP contribution is 2.48. The number of rotatable bonds is 15. The van der Waals surface area contributed by atoms with E-state index < -0.39 is 0 Å². The molecular weight excluding hydrogens is 555 g/mol. The van der Waals surface area contributed by atoms with Crippen LogP contribution in [0.15, 0.2) is 81.4 Å². The number of fused-ring (bicyclic) bond motifs is 2. The fourth-order valence-corrected chi connectivity index (χ4v) is 8.28. The Morgan fingerprint density at radius 1 is 0.833 bits per heavy atom. The van der Waals surface area contributed by atoms with Crippen LogP contribution in [0.2, 0.25) is 0 Å². The van der Waals surface area contributed by atoms with Gasteiger partial charge in [0, 0.05) is 48.7 Å². The van der Waals surface area contributed by atoms with E-state index in [2.05, 4.69) is 103 Å². The summed E-state index contributed by atoms with van der Waals surface area (Å²) in [5, 5.41) is 2.35. The molecule has 1 aromatic heterocycles. The average Bonchev–Trinajstić information content (AvgIpc) is 3.55. The summed E-state index contributed by atoms with van der Waals surface area (Å²) in [4.78, 5) is 20.1. The molecule has 42 heavy (non-hydrogen) atoms. The van der Waals surface area contributed by atoms with Gasteiger partial charge in [-0.1, -0.05) is 93.3 Å². The predicted molar refractivity (Wildman–Crippen MR) is 181 cm³/mol. The highest BCUT2D eigenvalue weighted by atomic mass is 32.2. The van der Waals surface area contributed by atoms with Crippen LogP contribution in [0.4, 0.5) is 5.69 Å². The Hall–Kier alpha value is -2.83. The molecule has 0 radical (unpaired) electrons. The number of unbranched alkanes of at least 4 members (excludes halogenated alkanes) is 6. The van der Waals surface area contributed by atoms with Crippen molar-refractivity contribution in [1.82, 2.24) is 4.90 Å². The minimum atomic E-state index is 0.168. The van der Waals surface area contributed by atoms with E-state index in [0.717, 1.165) is 55.9 Å².